The van der Waals surface area contributed by atoms with Crippen molar-refractivity contribution in [3.8, 4) is 0 Å². The summed E-state index contributed by atoms with van der Waals surface area (Å²) in [5, 5.41) is 11.6. The molecule has 0 aliphatic rings. The molecule has 18 heavy (non-hydrogen) atoms. The first-order chi connectivity index (χ1) is 8.24. The summed E-state index contributed by atoms with van der Waals surface area (Å²) in [6, 6.07) is -0.308. The van der Waals surface area contributed by atoms with Gasteiger partial charge in [-0.2, -0.15) is 0 Å². The Morgan fingerprint density at radius 3 is 2.39 bits per heavy atom. The number of aliphatic carboxylic acids is 1. The lowest BCUT2D eigenvalue weighted by Gasteiger charge is -2.25. The van der Waals surface area contributed by atoms with Gasteiger partial charge < -0.3 is 15.2 Å². The van der Waals surface area contributed by atoms with Gasteiger partial charge in [0.25, 0.3) is 0 Å². The minimum Gasteiger partial charge on any atom is -0.481 e. The smallest absolute Gasteiger partial charge is 0.305 e. The van der Waals surface area contributed by atoms with Crippen molar-refractivity contribution in [2.45, 2.75) is 52.5 Å². The summed E-state index contributed by atoms with van der Waals surface area (Å²) in [6.45, 7) is 6.62. The van der Waals surface area contributed by atoms with Crippen LogP contribution in [-0.2, 0) is 14.3 Å². The molecule has 2 N–H and O–H groups in total. The minimum absolute atomic E-state index is 0.0140. The van der Waals surface area contributed by atoms with Gasteiger partial charge in [-0.15, -0.1) is 0 Å². The summed E-state index contributed by atoms with van der Waals surface area (Å²) in [7, 11) is 1.59. The van der Waals surface area contributed by atoms with Crippen LogP contribution in [0.15, 0.2) is 0 Å². The van der Waals surface area contributed by atoms with Gasteiger partial charge in [0.1, 0.15) is 0 Å². The van der Waals surface area contributed by atoms with Crippen LogP contribution in [0.25, 0.3) is 0 Å². The molecule has 0 aliphatic heterocycles. The molecular weight excluding hydrogens is 234 g/mol. The summed E-state index contributed by atoms with van der Waals surface area (Å²) in [5.41, 5.74) is -0.0140. The zero-order valence-electron chi connectivity index (χ0n) is 11.8. The number of amides is 1. The van der Waals surface area contributed by atoms with Crippen LogP contribution in [0.5, 0.6) is 0 Å². The first kappa shape index (κ1) is 16.9. The molecule has 5 heteroatoms. The van der Waals surface area contributed by atoms with Gasteiger partial charge in [0.15, 0.2) is 0 Å². The second-order valence-corrected chi connectivity index (χ2v) is 5.72. The highest BCUT2D eigenvalue weighted by Gasteiger charge is 2.22. The fraction of sp³-hybridized carbons (Fsp3) is 0.846. The minimum atomic E-state index is -0.888. The van der Waals surface area contributed by atoms with Crippen molar-refractivity contribution in [2.75, 3.05) is 13.7 Å². The van der Waals surface area contributed by atoms with E-state index in [1.807, 2.05) is 20.8 Å². The summed E-state index contributed by atoms with van der Waals surface area (Å²) in [6.07, 6.45) is 1.63. The molecule has 0 heterocycles. The zero-order valence-corrected chi connectivity index (χ0v) is 11.8. The van der Waals surface area contributed by atoms with E-state index in [0.717, 1.165) is 0 Å². The molecule has 0 aromatic rings. The number of ether oxygens (including phenoxy) is 1. The van der Waals surface area contributed by atoms with Crippen LogP contribution in [0.4, 0.5) is 0 Å². The molecule has 0 bridgehead atoms. The number of carboxylic acids is 1. The molecule has 1 amide bonds. The molecule has 0 radical (unpaired) electrons. The standard InChI is InChI=1S/C13H25NO4/c1-13(2,3)9-10(8-12(16)17)14-11(15)6-5-7-18-4/h10H,5-9H2,1-4H3,(H,14,15)(H,16,17). The number of carbonyl (C=O) groups excluding carboxylic acids is 1. The molecule has 1 atom stereocenters. The van der Waals surface area contributed by atoms with Crippen LogP contribution in [0.1, 0.15) is 46.5 Å². The van der Waals surface area contributed by atoms with Gasteiger partial charge in [-0.25, -0.2) is 0 Å². The molecule has 0 aromatic carbocycles. The third-order valence-electron chi connectivity index (χ3n) is 2.40. The molecule has 0 saturated carbocycles. The summed E-state index contributed by atoms with van der Waals surface area (Å²) in [4.78, 5) is 22.4. The molecule has 0 aromatic heterocycles. The van der Waals surface area contributed by atoms with Gasteiger partial charge in [0.2, 0.25) is 5.91 Å². The highest BCUT2D eigenvalue weighted by molar-refractivity contribution is 5.77. The number of hydrogen-bond donors (Lipinski definition) is 2. The predicted octanol–water partition coefficient (Wildman–Crippen LogP) is 1.81. The Bertz CT molecular complexity index is 271. The second kappa shape index (κ2) is 8.08. The average molecular weight is 259 g/mol. The van der Waals surface area contributed by atoms with Crippen LogP contribution < -0.4 is 5.32 Å². The van der Waals surface area contributed by atoms with Crippen LogP contribution >= 0.6 is 0 Å². The summed E-state index contributed by atoms with van der Waals surface area (Å²) >= 11 is 0. The number of carboxylic acid groups (broad SMARTS) is 1. The Balaban J connectivity index is 4.22. The number of nitrogens with one attached hydrogen (secondary N) is 1. The predicted molar refractivity (Wildman–Crippen MR) is 69.4 cm³/mol. The lowest BCUT2D eigenvalue weighted by molar-refractivity contribution is -0.137. The second-order valence-electron chi connectivity index (χ2n) is 5.72. The van der Waals surface area contributed by atoms with Crippen LogP contribution in [-0.4, -0.2) is 36.7 Å². The van der Waals surface area contributed by atoms with E-state index in [-0.39, 0.29) is 23.8 Å². The first-order valence-corrected chi connectivity index (χ1v) is 6.24. The van der Waals surface area contributed by atoms with E-state index in [1.165, 1.54) is 0 Å². The van der Waals surface area contributed by atoms with Gasteiger partial charge in [-0.05, 0) is 18.3 Å². The lowest BCUT2D eigenvalue weighted by atomic mass is 9.87. The number of methoxy groups -OCH3 is 1. The van der Waals surface area contributed by atoms with Crippen molar-refractivity contribution in [1.82, 2.24) is 5.32 Å². The van der Waals surface area contributed by atoms with Crippen molar-refractivity contribution < 1.29 is 19.4 Å². The van der Waals surface area contributed by atoms with Gasteiger partial charge in [-0.1, -0.05) is 20.8 Å². The van der Waals surface area contributed by atoms with E-state index in [9.17, 15) is 9.59 Å². The van der Waals surface area contributed by atoms with Crippen molar-refractivity contribution in [2.24, 2.45) is 5.41 Å². The maximum atomic E-state index is 11.6. The lowest BCUT2D eigenvalue weighted by Crippen LogP contribution is -2.39. The first-order valence-electron chi connectivity index (χ1n) is 6.24. The fourth-order valence-corrected chi connectivity index (χ4v) is 1.80. The van der Waals surface area contributed by atoms with E-state index in [0.29, 0.717) is 25.9 Å². The molecule has 0 saturated heterocycles. The number of rotatable bonds is 8. The maximum absolute atomic E-state index is 11.6. The number of hydrogen-bond acceptors (Lipinski definition) is 3. The molecule has 0 spiro atoms. The van der Waals surface area contributed by atoms with Crippen molar-refractivity contribution in [3.63, 3.8) is 0 Å². The monoisotopic (exact) mass is 259 g/mol. The normalized spacial score (nSPS) is 13.1. The molecule has 5 nitrogen and oxygen atoms in total. The Hall–Kier alpha value is -1.10. The Morgan fingerprint density at radius 1 is 1.33 bits per heavy atom. The summed E-state index contributed by atoms with van der Waals surface area (Å²) in [5.74, 6) is -0.996. The highest BCUT2D eigenvalue weighted by atomic mass is 16.5. The van der Waals surface area contributed by atoms with Crippen molar-refractivity contribution >= 4 is 11.9 Å². The van der Waals surface area contributed by atoms with E-state index in [2.05, 4.69) is 5.32 Å². The van der Waals surface area contributed by atoms with Crippen molar-refractivity contribution in [1.29, 1.82) is 0 Å². The summed E-state index contributed by atoms with van der Waals surface area (Å²) < 4.78 is 4.87. The van der Waals surface area contributed by atoms with Gasteiger partial charge in [-0.3, -0.25) is 9.59 Å². The van der Waals surface area contributed by atoms with Crippen LogP contribution in [0.3, 0.4) is 0 Å². The van der Waals surface area contributed by atoms with E-state index >= 15 is 0 Å². The third kappa shape index (κ3) is 10.1. The van der Waals surface area contributed by atoms with Gasteiger partial charge >= 0.3 is 5.97 Å². The number of carbonyl (C=O) groups is 2. The fourth-order valence-electron chi connectivity index (χ4n) is 1.80. The van der Waals surface area contributed by atoms with Gasteiger partial charge in [0.05, 0.1) is 6.42 Å². The van der Waals surface area contributed by atoms with Crippen LogP contribution in [0.2, 0.25) is 0 Å². The van der Waals surface area contributed by atoms with E-state index in [4.69, 9.17) is 9.84 Å². The van der Waals surface area contributed by atoms with E-state index < -0.39 is 5.97 Å². The highest BCUT2D eigenvalue weighted by Crippen LogP contribution is 2.22. The molecule has 106 valence electrons. The quantitative estimate of drug-likeness (QED) is 0.652. The Morgan fingerprint density at radius 2 is 1.94 bits per heavy atom. The molecule has 0 fully saturated rings. The molecular formula is C13H25NO4. The Kier molecular flexibility index (Phi) is 7.59. The SMILES string of the molecule is COCCCC(=O)NC(CC(=O)O)CC(C)(C)C. The zero-order chi connectivity index (χ0) is 14.2. The topological polar surface area (TPSA) is 75.6 Å². The molecule has 1 unspecified atom stereocenters. The maximum Gasteiger partial charge on any atom is 0.305 e. The molecule has 0 aliphatic carbocycles. The molecule has 0 rings (SSSR count). The van der Waals surface area contributed by atoms with Crippen LogP contribution in [0, 0.1) is 5.41 Å². The third-order valence-corrected chi connectivity index (χ3v) is 2.40. The largest absolute Gasteiger partial charge is 0.481 e. The average Bonchev–Trinajstić information content (AvgIpc) is 2.13. The van der Waals surface area contributed by atoms with Gasteiger partial charge in [0, 0.05) is 26.2 Å². The van der Waals surface area contributed by atoms with Crippen molar-refractivity contribution in [3.05, 3.63) is 0 Å². The van der Waals surface area contributed by atoms with E-state index in [1.54, 1.807) is 7.11 Å². The Labute approximate surface area is 109 Å².